The molecule has 1 saturated heterocycles. The highest BCUT2D eigenvalue weighted by Crippen LogP contribution is 2.27. The van der Waals surface area contributed by atoms with Crippen LogP contribution in [0.1, 0.15) is 38.9 Å². The number of hydrogen-bond acceptors (Lipinski definition) is 4. The Kier molecular flexibility index (Phi) is 5.60. The largest absolute Gasteiger partial charge is 0.465 e. The van der Waals surface area contributed by atoms with E-state index in [1.54, 1.807) is 37.0 Å². The first kappa shape index (κ1) is 17.3. The predicted octanol–water partition coefficient (Wildman–Crippen LogP) is 1.56. The highest BCUT2D eigenvalue weighted by molar-refractivity contribution is 5.91. The average Bonchev–Trinajstić information content (AvgIpc) is 3.15. The number of carbonyl (C=O) groups excluding carboxylic acids is 2. The van der Waals surface area contributed by atoms with Crippen LogP contribution >= 0.6 is 0 Å². The molecule has 23 heavy (non-hydrogen) atoms. The lowest BCUT2D eigenvalue weighted by Crippen LogP contribution is -2.48. The van der Waals surface area contributed by atoms with E-state index in [1.165, 1.54) is 12.3 Å². The van der Waals surface area contributed by atoms with Gasteiger partial charge in [-0.2, -0.15) is 0 Å². The monoisotopic (exact) mass is 320 g/mol. The van der Waals surface area contributed by atoms with Crippen LogP contribution in [-0.4, -0.2) is 46.6 Å². The Bertz CT molecular complexity index is 558. The minimum absolute atomic E-state index is 0.0371. The van der Waals surface area contributed by atoms with Gasteiger partial charge in [0.1, 0.15) is 5.76 Å². The normalized spacial score (nSPS) is 18.6. The van der Waals surface area contributed by atoms with E-state index >= 15 is 0 Å². The van der Waals surface area contributed by atoms with Crippen LogP contribution < -0.4 is 5.32 Å². The first-order chi connectivity index (χ1) is 10.9. The zero-order valence-corrected chi connectivity index (χ0v) is 13.6. The Labute approximate surface area is 136 Å². The molecule has 126 valence electrons. The van der Waals surface area contributed by atoms with Crippen LogP contribution in [0.15, 0.2) is 28.9 Å². The summed E-state index contributed by atoms with van der Waals surface area (Å²) >= 11 is 0. The van der Waals surface area contributed by atoms with Gasteiger partial charge in [-0.05, 0) is 44.9 Å². The number of amides is 2. The lowest BCUT2D eigenvalue weighted by Gasteiger charge is -2.33. The predicted molar refractivity (Wildman–Crippen MR) is 86.4 cm³/mol. The number of rotatable bonds is 6. The zero-order valence-electron chi connectivity index (χ0n) is 13.6. The summed E-state index contributed by atoms with van der Waals surface area (Å²) in [5, 5.41) is 12.8. The van der Waals surface area contributed by atoms with Gasteiger partial charge in [0.25, 0.3) is 0 Å². The molecule has 1 fully saturated rings. The molecule has 6 heteroatoms. The van der Waals surface area contributed by atoms with Gasteiger partial charge in [0.15, 0.2) is 0 Å². The Balaban J connectivity index is 1.75. The average molecular weight is 320 g/mol. The molecular weight excluding hydrogens is 296 g/mol. The summed E-state index contributed by atoms with van der Waals surface area (Å²) in [4.78, 5) is 25.6. The molecule has 0 radical (unpaired) electrons. The Morgan fingerprint density at radius 1 is 1.52 bits per heavy atom. The van der Waals surface area contributed by atoms with Crippen molar-refractivity contribution in [2.75, 3.05) is 13.1 Å². The quantitative estimate of drug-likeness (QED) is 0.779. The molecule has 0 aliphatic carbocycles. The SMILES string of the molecule is CC(C)(O)C1CCCN1C(=O)CCNC(=O)/C=C/c1ccco1. The van der Waals surface area contributed by atoms with Gasteiger partial charge in [0.05, 0.1) is 17.9 Å². The number of hydrogen-bond donors (Lipinski definition) is 2. The molecule has 2 heterocycles. The zero-order chi connectivity index (χ0) is 16.9. The highest BCUT2D eigenvalue weighted by Gasteiger charge is 2.37. The molecule has 1 unspecified atom stereocenters. The molecule has 6 nitrogen and oxygen atoms in total. The fraction of sp³-hybridized carbons (Fsp3) is 0.529. The number of furan rings is 1. The third kappa shape index (κ3) is 4.96. The van der Waals surface area contributed by atoms with Crippen LogP contribution in [0.5, 0.6) is 0 Å². The summed E-state index contributed by atoms with van der Waals surface area (Å²) in [6.45, 7) is 4.39. The Morgan fingerprint density at radius 2 is 2.30 bits per heavy atom. The van der Waals surface area contributed by atoms with Crippen LogP contribution in [0.25, 0.3) is 6.08 Å². The molecule has 1 aromatic heterocycles. The second kappa shape index (κ2) is 7.46. The topological polar surface area (TPSA) is 82.8 Å². The van der Waals surface area contributed by atoms with Gasteiger partial charge in [0.2, 0.25) is 11.8 Å². The van der Waals surface area contributed by atoms with Gasteiger partial charge >= 0.3 is 0 Å². The maximum absolute atomic E-state index is 12.3. The lowest BCUT2D eigenvalue weighted by atomic mass is 9.96. The molecule has 1 atom stereocenters. The molecule has 0 bridgehead atoms. The first-order valence-electron chi connectivity index (χ1n) is 7.89. The van der Waals surface area contributed by atoms with Crippen molar-refractivity contribution in [3.63, 3.8) is 0 Å². The van der Waals surface area contributed by atoms with Gasteiger partial charge in [0, 0.05) is 25.6 Å². The van der Waals surface area contributed by atoms with E-state index in [4.69, 9.17) is 4.42 Å². The minimum Gasteiger partial charge on any atom is -0.465 e. The number of carbonyl (C=O) groups is 2. The summed E-state index contributed by atoms with van der Waals surface area (Å²) in [5.41, 5.74) is -0.902. The number of likely N-dealkylation sites (tertiary alicyclic amines) is 1. The third-order valence-electron chi connectivity index (χ3n) is 3.97. The van der Waals surface area contributed by atoms with Crippen molar-refractivity contribution < 1.29 is 19.1 Å². The maximum atomic E-state index is 12.3. The van der Waals surface area contributed by atoms with E-state index in [9.17, 15) is 14.7 Å². The number of nitrogens with zero attached hydrogens (tertiary/aromatic N) is 1. The highest BCUT2D eigenvalue weighted by atomic mass is 16.3. The Morgan fingerprint density at radius 3 is 2.96 bits per heavy atom. The summed E-state index contributed by atoms with van der Waals surface area (Å²) in [5.74, 6) is 0.293. The molecule has 2 amide bonds. The number of nitrogens with one attached hydrogen (secondary N) is 1. The van der Waals surface area contributed by atoms with E-state index in [0.29, 0.717) is 12.3 Å². The van der Waals surface area contributed by atoms with Crippen LogP contribution in [0.3, 0.4) is 0 Å². The van der Waals surface area contributed by atoms with Crippen molar-refractivity contribution >= 4 is 17.9 Å². The molecule has 2 rings (SSSR count). The standard InChI is InChI=1S/C17H24N2O4/c1-17(2,22)14-6-3-11-19(14)16(21)9-10-18-15(20)8-7-13-5-4-12-23-13/h4-5,7-8,12,14,22H,3,6,9-11H2,1-2H3,(H,18,20)/b8-7+. The van der Waals surface area contributed by atoms with E-state index in [0.717, 1.165) is 12.8 Å². The fourth-order valence-electron chi connectivity index (χ4n) is 2.84. The van der Waals surface area contributed by atoms with Crippen LogP contribution in [-0.2, 0) is 9.59 Å². The fourth-order valence-corrected chi connectivity index (χ4v) is 2.84. The van der Waals surface area contributed by atoms with Crippen LogP contribution in [0, 0.1) is 0 Å². The molecule has 0 aromatic carbocycles. The van der Waals surface area contributed by atoms with Crippen molar-refractivity contribution in [1.82, 2.24) is 10.2 Å². The second-order valence-corrected chi connectivity index (χ2v) is 6.29. The van der Waals surface area contributed by atoms with Gasteiger partial charge in [-0.3, -0.25) is 9.59 Å². The summed E-state index contributed by atoms with van der Waals surface area (Å²) in [6.07, 6.45) is 6.42. The second-order valence-electron chi connectivity index (χ2n) is 6.29. The van der Waals surface area contributed by atoms with E-state index in [1.807, 2.05) is 0 Å². The Hall–Kier alpha value is -2.08. The van der Waals surface area contributed by atoms with Crippen molar-refractivity contribution in [3.05, 3.63) is 30.2 Å². The van der Waals surface area contributed by atoms with Crippen molar-refractivity contribution in [2.24, 2.45) is 0 Å². The lowest BCUT2D eigenvalue weighted by molar-refractivity contribution is -0.136. The smallest absolute Gasteiger partial charge is 0.244 e. The molecule has 0 saturated carbocycles. The van der Waals surface area contributed by atoms with Gasteiger partial charge in [-0.15, -0.1) is 0 Å². The van der Waals surface area contributed by atoms with Gasteiger partial charge in [-0.1, -0.05) is 0 Å². The molecule has 1 aliphatic heterocycles. The van der Waals surface area contributed by atoms with Crippen molar-refractivity contribution in [1.29, 1.82) is 0 Å². The van der Waals surface area contributed by atoms with Gasteiger partial charge in [-0.25, -0.2) is 0 Å². The third-order valence-corrected chi connectivity index (χ3v) is 3.97. The molecule has 2 N–H and O–H groups in total. The summed E-state index contributed by atoms with van der Waals surface area (Å²) in [6, 6.07) is 3.34. The maximum Gasteiger partial charge on any atom is 0.244 e. The van der Waals surface area contributed by atoms with Crippen LogP contribution in [0.2, 0.25) is 0 Å². The first-order valence-corrected chi connectivity index (χ1v) is 7.89. The van der Waals surface area contributed by atoms with E-state index < -0.39 is 5.60 Å². The minimum atomic E-state index is -0.902. The summed E-state index contributed by atoms with van der Waals surface area (Å²) < 4.78 is 5.09. The molecular formula is C17H24N2O4. The molecule has 0 spiro atoms. The van der Waals surface area contributed by atoms with Crippen molar-refractivity contribution in [3.8, 4) is 0 Å². The van der Waals surface area contributed by atoms with E-state index in [-0.39, 0.29) is 30.8 Å². The van der Waals surface area contributed by atoms with E-state index in [2.05, 4.69) is 5.32 Å². The number of aliphatic hydroxyl groups is 1. The molecule has 1 aromatic rings. The molecule has 1 aliphatic rings. The summed E-state index contributed by atoms with van der Waals surface area (Å²) in [7, 11) is 0. The van der Waals surface area contributed by atoms with Gasteiger partial charge < -0.3 is 19.7 Å². The van der Waals surface area contributed by atoms with Crippen LogP contribution in [0.4, 0.5) is 0 Å². The van der Waals surface area contributed by atoms with Crippen molar-refractivity contribution in [2.45, 2.75) is 44.8 Å².